The number of hydrogen-bond donors (Lipinski definition) is 3. The highest BCUT2D eigenvalue weighted by Gasteiger charge is 2.26. The maximum Gasteiger partial charge on any atom is 0.245 e. The van der Waals surface area contributed by atoms with Crippen molar-refractivity contribution in [1.82, 2.24) is 10.3 Å². The van der Waals surface area contributed by atoms with Crippen LogP contribution in [0.4, 0.5) is 0 Å². The second kappa shape index (κ2) is 6.08. The molecule has 2 aromatic rings. The van der Waals surface area contributed by atoms with E-state index in [-0.39, 0.29) is 11.9 Å². The number of aromatic nitrogens is 1. The van der Waals surface area contributed by atoms with Gasteiger partial charge in [-0.25, -0.2) is 0 Å². The number of aromatic amines is 1. The minimum absolute atomic E-state index is 0.146. The van der Waals surface area contributed by atoms with Gasteiger partial charge in [-0.2, -0.15) is 0 Å². The summed E-state index contributed by atoms with van der Waals surface area (Å²) < 4.78 is 0. The molecule has 0 spiro atoms. The van der Waals surface area contributed by atoms with E-state index >= 15 is 0 Å². The van der Waals surface area contributed by atoms with Gasteiger partial charge in [0.15, 0.2) is 0 Å². The molecule has 1 amide bonds. The Kier molecular flexibility index (Phi) is 4.17. The Bertz CT molecular complexity index is 653. The molecule has 4 nitrogen and oxygen atoms in total. The topological polar surface area (TPSA) is 65.1 Å². The zero-order chi connectivity index (χ0) is 14.8. The highest BCUT2D eigenvalue weighted by atomic mass is 35.5. The Labute approximate surface area is 128 Å². The van der Waals surface area contributed by atoms with E-state index in [2.05, 4.69) is 16.5 Å². The molecule has 0 unspecified atom stereocenters. The first-order valence-corrected chi connectivity index (χ1v) is 7.72. The fraction of sp³-hybridized carbons (Fsp3) is 0.438. The lowest BCUT2D eigenvalue weighted by Gasteiger charge is -2.29. The van der Waals surface area contributed by atoms with Gasteiger partial charge in [-0.1, -0.05) is 18.0 Å². The van der Waals surface area contributed by atoms with Crippen LogP contribution in [0.2, 0.25) is 5.02 Å². The molecule has 5 heteroatoms. The second-order valence-corrected chi connectivity index (χ2v) is 6.16. The number of fused-ring (bicyclic) bond motifs is 1. The van der Waals surface area contributed by atoms with Gasteiger partial charge in [0.25, 0.3) is 0 Å². The van der Waals surface area contributed by atoms with Crippen LogP contribution in [0.1, 0.15) is 37.2 Å². The Hall–Kier alpha value is -1.52. The molecule has 3 rings (SSSR count). The number of aliphatic hydroxyl groups is 1. The van der Waals surface area contributed by atoms with E-state index in [1.54, 1.807) is 0 Å². The molecular formula is C16H19ClN2O2. The maximum atomic E-state index is 11.3. The van der Waals surface area contributed by atoms with Crippen molar-refractivity contribution in [3.8, 4) is 0 Å². The third-order valence-electron chi connectivity index (χ3n) is 4.30. The summed E-state index contributed by atoms with van der Waals surface area (Å²) in [4.78, 5) is 14.6. The first-order valence-electron chi connectivity index (χ1n) is 7.34. The minimum Gasteiger partial charge on any atom is -0.387 e. The summed E-state index contributed by atoms with van der Waals surface area (Å²) in [6, 6.07) is 6.02. The zero-order valence-corrected chi connectivity index (χ0v) is 12.5. The van der Waals surface area contributed by atoms with Crippen LogP contribution in [0.3, 0.4) is 0 Å². The number of rotatable bonds is 3. The summed E-state index contributed by atoms with van der Waals surface area (Å²) >= 11 is 6.10. The van der Waals surface area contributed by atoms with Crippen LogP contribution in [-0.2, 0) is 4.79 Å². The number of halogens is 1. The lowest BCUT2D eigenvalue weighted by atomic mass is 9.81. The lowest BCUT2D eigenvalue weighted by molar-refractivity contribution is -0.124. The molecule has 2 atom stereocenters. The monoisotopic (exact) mass is 306 g/mol. The molecule has 1 saturated carbocycles. The van der Waals surface area contributed by atoms with Crippen molar-refractivity contribution in [1.29, 1.82) is 0 Å². The van der Waals surface area contributed by atoms with Gasteiger partial charge in [-0.05, 0) is 48.9 Å². The van der Waals surface area contributed by atoms with Gasteiger partial charge in [-0.3, -0.25) is 4.79 Å². The molecule has 1 aromatic carbocycles. The third-order valence-corrected chi connectivity index (χ3v) is 4.53. The van der Waals surface area contributed by atoms with Crippen LogP contribution in [0.5, 0.6) is 0 Å². The Morgan fingerprint density at radius 3 is 3.10 bits per heavy atom. The van der Waals surface area contributed by atoms with Crippen LogP contribution in [0.15, 0.2) is 24.4 Å². The first kappa shape index (κ1) is 14.4. The van der Waals surface area contributed by atoms with Crippen LogP contribution >= 0.6 is 11.6 Å². The Balaban J connectivity index is 1.81. The van der Waals surface area contributed by atoms with Gasteiger partial charge in [0.2, 0.25) is 5.91 Å². The standard InChI is InChI=1S/C16H19ClN2O2/c17-11-4-5-15-13(7-11)14(8-18-15)10-2-1-3-12(6-10)19-16(21)9-20/h4-5,7-8,10,12,18,20H,1-3,6,9H2,(H,19,21)/t10-,12+/m1/s1. The molecule has 112 valence electrons. The average Bonchev–Trinajstić information content (AvgIpc) is 2.90. The van der Waals surface area contributed by atoms with Crippen molar-refractivity contribution in [2.45, 2.75) is 37.6 Å². The third kappa shape index (κ3) is 3.06. The van der Waals surface area contributed by atoms with E-state index < -0.39 is 6.61 Å². The summed E-state index contributed by atoms with van der Waals surface area (Å²) in [6.07, 6.45) is 6.14. The molecule has 1 aromatic heterocycles. The van der Waals surface area contributed by atoms with Crippen molar-refractivity contribution >= 4 is 28.4 Å². The zero-order valence-electron chi connectivity index (χ0n) is 11.7. The first-order chi connectivity index (χ1) is 10.2. The van der Waals surface area contributed by atoms with Crippen molar-refractivity contribution in [3.05, 3.63) is 35.0 Å². The van der Waals surface area contributed by atoms with Gasteiger partial charge in [-0.15, -0.1) is 0 Å². The summed E-state index contributed by atoms with van der Waals surface area (Å²) in [7, 11) is 0. The maximum absolute atomic E-state index is 11.3. The molecule has 3 N–H and O–H groups in total. The Morgan fingerprint density at radius 2 is 2.29 bits per heavy atom. The molecule has 0 saturated heterocycles. The number of carbonyl (C=O) groups excluding carboxylic acids is 1. The number of aliphatic hydroxyl groups excluding tert-OH is 1. The van der Waals surface area contributed by atoms with Crippen molar-refractivity contribution in [3.63, 3.8) is 0 Å². The second-order valence-electron chi connectivity index (χ2n) is 5.72. The van der Waals surface area contributed by atoms with Crippen LogP contribution in [-0.4, -0.2) is 28.6 Å². The van der Waals surface area contributed by atoms with Crippen LogP contribution < -0.4 is 5.32 Å². The molecule has 0 bridgehead atoms. The van der Waals surface area contributed by atoms with E-state index in [1.165, 1.54) is 10.9 Å². The predicted molar refractivity (Wildman–Crippen MR) is 83.5 cm³/mol. The number of benzene rings is 1. The van der Waals surface area contributed by atoms with Crippen molar-refractivity contribution in [2.24, 2.45) is 0 Å². The summed E-state index contributed by atoms with van der Waals surface area (Å²) in [5.74, 6) is 0.123. The molecule has 1 aliphatic rings. The van der Waals surface area contributed by atoms with E-state index in [0.717, 1.165) is 36.2 Å². The SMILES string of the molecule is O=C(CO)N[C@H]1CCC[C@@H](c2c[nH]c3ccc(Cl)cc23)C1. The fourth-order valence-corrected chi connectivity index (χ4v) is 3.50. The minimum atomic E-state index is -0.441. The van der Waals surface area contributed by atoms with E-state index in [4.69, 9.17) is 16.7 Å². The Morgan fingerprint density at radius 1 is 1.43 bits per heavy atom. The summed E-state index contributed by atoms with van der Waals surface area (Å²) in [6.45, 7) is -0.441. The van der Waals surface area contributed by atoms with Crippen molar-refractivity contribution < 1.29 is 9.90 Å². The van der Waals surface area contributed by atoms with Gasteiger partial charge < -0.3 is 15.4 Å². The summed E-state index contributed by atoms with van der Waals surface area (Å²) in [5.41, 5.74) is 2.37. The lowest BCUT2D eigenvalue weighted by Crippen LogP contribution is -2.39. The number of amides is 1. The van der Waals surface area contributed by atoms with E-state index in [1.807, 2.05) is 18.2 Å². The van der Waals surface area contributed by atoms with E-state index in [9.17, 15) is 4.79 Å². The molecule has 1 heterocycles. The fourth-order valence-electron chi connectivity index (χ4n) is 3.33. The van der Waals surface area contributed by atoms with Gasteiger partial charge in [0.1, 0.15) is 6.61 Å². The van der Waals surface area contributed by atoms with Crippen LogP contribution in [0.25, 0.3) is 10.9 Å². The number of H-pyrrole nitrogens is 1. The predicted octanol–water partition coefficient (Wildman–Crippen LogP) is 2.96. The average molecular weight is 307 g/mol. The van der Waals surface area contributed by atoms with Crippen molar-refractivity contribution in [2.75, 3.05) is 6.61 Å². The highest BCUT2D eigenvalue weighted by molar-refractivity contribution is 6.31. The van der Waals surface area contributed by atoms with Gasteiger partial charge >= 0.3 is 0 Å². The normalized spacial score (nSPS) is 22.4. The number of hydrogen-bond acceptors (Lipinski definition) is 2. The van der Waals surface area contributed by atoms with Crippen LogP contribution in [0, 0.1) is 0 Å². The highest BCUT2D eigenvalue weighted by Crippen LogP contribution is 2.37. The molecule has 0 aliphatic heterocycles. The van der Waals surface area contributed by atoms with Gasteiger partial charge in [0, 0.05) is 28.2 Å². The number of nitrogens with one attached hydrogen (secondary N) is 2. The smallest absolute Gasteiger partial charge is 0.245 e. The quantitative estimate of drug-likeness (QED) is 0.816. The molecule has 21 heavy (non-hydrogen) atoms. The molecule has 0 radical (unpaired) electrons. The molecular weight excluding hydrogens is 288 g/mol. The summed E-state index contributed by atoms with van der Waals surface area (Å²) in [5, 5.41) is 13.7. The molecule has 1 fully saturated rings. The van der Waals surface area contributed by atoms with Gasteiger partial charge in [0.05, 0.1) is 0 Å². The number of carbonyl (C=O) groups is 1. The van der Waals surface area contributed by atoms with E-state index in [0.29, 0.717) is 5.92 Å². The molecule has 1 aliphatic carbocycles. The largest absolute Gasteiger partial charge is 0.387 e.